The van der Waals surface area contributed by atoms with E-state index in [1.54, 1.807) is 7.11 Å². The van der Waals surface area contributed by atoms with Crippen molar-refractivity contribution in [2.24, 2.45) is 7.05 Å². The molecule has 1 aliphatic carbocycles. The van der Waals surface area contributed by atoms with Crippen LogP contribution in [-0.4, -0.2) is 24.3 Å². The maximum atomic E-state index is 5.14. The number of fused-ring (bicyclic) bond motifs is 1. The van der Waals surface area contributed by atoms with Crippen molar-refractivity contribution in [1.82, 2.24) is 9.88 Å². The second kappa shape index (κ2) is 6.63. The molecule has 0 bridgehead atoms. The molecular formula is C18H26N2O. The molecule has 0 radical (unpaired) electrons. The number of aromatic nitrogens is 1. The lowest BCUT2D eigenvalue weighted by Gasteiger charge is -2.05. The lowest BCUT2D eigenvalue weighted by atomic mass is 10.0. The highest BCUT2D eigenvalue weighted by Gasteiger charge is 2.20. The van der Waals surface area contributed by atoms with E-state index >= 15 is 0 Å². The van der Waals surface area contributed by atoms with Gasteiger partial charge in [0.25, 0.3) is 0 Å². The molecule has 3 rings (SSSR count). The first-order valence-corrected chi connectivity index (χ1v) is 8.07. The van der Waals surface area contributed by atoms with Gasteiger partial charge in [-0.2, -0.15) is 0 Å². The summed E-state index contributed by atoms with van der Waals surface area (Å²) in [4.78, 5) is 0. The average Bonchev–Trinajstić information content (AvgIpc) is 3.27. The number of nitrogens with zero attached hydrogens (tertiary/aromatic N) is 1. The monoisotopic (exact) mass is 286 g/mol. The van der Waals surface area contributed by atoms with Crippen LogP contribution >= 0.6 is 0 Å². The molecule has 21 heavy (non-hydrogen) atoms. The molecule has 0 spiro atoms. The molecule has 1 saturated carbocycles. The molecule has 1 aromatic carbocycles. The summed E-state index contributed by atoms with van der Waals surface area (Å²) in [6, 6.07) is 7.66. The largest absolute Gasteiger partial charge is 0.385 e. The highest BCUT2D eigenvalue weighted by Crippen LogP contribution is 2.25. The Balaban J connectivity index is 1.73. The van der Waals surface area contributed by atoms with Crippen molar-refractivity contribution in [2.45, 2.75) is 44.7 Å². The average molecular weight is 286 g/mol. The molecule has 1 heterocycles. The zero-order chi connectivity index (χ0) is 14.7. The number of aryl methyl sites for hydroxylation is 2. The van der Waals surface area contributed by atoms with Crippen LogP contribution in [0.4, 0.5) is 0 Å². The number of rotatable bonds is 8. The van der Waals surface area contributed by atoms with E-state index in [0.29, 0.717) is 0 Å². The lowest BCUT2D eigenvalue weighted by Crippen LogP contribution is -2.15. The van der Waals surface area contributed by atoms with Gasteiger partial charge in [-0.1, -0.05) is 6.07 Å². The van der Waals surface area contributed by atoms with Crippen LogP contribution in [0.15, 0.2) is 24.4 Å². The smallest absolute Gasteiger partial charge is 0.0480 e. The summed E-state index contributed by atoms with van der Waals surface area (Å²) in [5.74, 6) is 0. The highest BCUT2D eigenvalue weighted by atomic mass is 16.5. The molecular weight excluding hydrogens is 260 g/mol. The Hall–Kier alpha value is -1.32. The van der Waals surface area contributed by atoms with E-state index in [0.717, 1.165) is 32.0 Å². The molecule has 1 aromatic heterocycles. The first-order chi connectivity index (χ1) is 10.3. The van der Waals surface area contributed by atoms with Crippen molar-refractivity contribution in [2.75, 3.05) is 13.7 Å². The van der Waals surface area contributed by atoms with Crippen LogP contribution in [-0.2, 0) is 24.8 Å². The fourth-order valence-electron chi connectivity index (χ4n) is 2.94. The predicted octanol–water partition coefficient (Wildman–Crippen LogP) is 3.40. The van der Waals surface area contributed by atoms with E-state index in [1.807, 2.05) is 0 Å². The quantitative estimate of drug-likeness (QED) is 0.753. The Labute approximate surface area is 127 Å². The van der Waals surface area contributed by atoms with Crippen LogP contribution in [0.5, 0.6) is 0 Å². The second-order valence-electron chi connectivity index (χ2n) is 6.22. The van der Waals surface area contributed by atoms with Crippen LogP contribution in [0, 0.1) is 0 Å². The van der Waals surface area contributed by atoms with E-state index < -0.39 is 0 Å². The highest BCUT2D eigenvalue weighted by molar-refractivity contribution is 5.84. The molecule has 1 N–H and O–H groups in total. The van der Waals surface area contributed by atoms with Gasteiger partial charge >= 0.3 is 0 Å². The summed E-state index contributed by atoms with van der Waals surface area (Å²) < 4.78 is 7.39. The number of unbranched alkanes of at least 4 members (excludes halogenated alkanes) is 1. The fourth-order valence-corrected chi connectivity index (χ4v) is 2.94. The summed E-state index contributed by atoms with van der Waals surface area (Å²) in [6.07, 6.45) is 8.44. The van der Waals surface area contributed by atoms with Gasteiger partial charge in [-0.25, -0.2) is 0 Å². The summed E-state index contributed by atoms with van der Waals surface area (Å²) >= 11 is 0. The summed E-state index contributed by atoms with van der Waals surface area (Å²) in [6.45, 7) is 1.86. The molecule has 3 heteroatoms. The van der Waals surface area contributed by atoms with Crippen LogP contribution in [0.2, 0.25) is 0 Å². The topological polar surface area (TPSA) is 26.2 Å². The molecule has 114 valence electrons. The Bertz CT molecular complexity index is 599. The number of ether oxygens (including phenoxy) is 1. The van der Waals surface area contributed by atoms with Gasteiger partial charge in [-0.05, 0) is 55.4 Å². The van der Waals surface area contributed by atoms with Crippen molar-refractivity contribution >= 4 is 10.9 Å². The third kappa shape index (κ3) is 3.66. The van der Waals surface area contributed by atoms with Gasteiger partial charge in [-0.3, -0.25) is 0 Å². The SMILES string of the molecule is COCCCCc1cn(C)c2ccc(CNC3CC3)cc12. The number of nitrogens with one attached hydrogen (secondary N) is 1. The van der Waals surface area contributed by atoms with Gasteiger partial charge in [0, 0.05) is 50.5 Å². The third-order valence-corrected chi connectivity index (χ3v) is 4.35. The number of hydrogen-bond acceptors (Lipinski definition) is 2. The minimum Gasteiger partial charge on any atom is -0.385 e. The van der Waals surface area contributed by atoms with Crippen LogP contribution in [0.3, 0.4) is 0 Å². The normalized spacial score (nSPS) is 15.0. The number of hydrogen-bond donors (Lipinski definition) is 1. The van der Waals surface area contributed by atoms with Crippen LogP contribution in [0.1, 0.15) is 36.8 Å². The number of methoxy groups -OCH3 is 1. The van der Waals surface area contributed by atoms with E-state index in [4.69, 9.17) is 4.74 Å². The molecule has 1 aliphatic rings. The Morgan fingerprint density at radius 3 is 2.90 bits per heavy atom. The second-order valence-corrected chi connectivity index (χ2v) is 6.22. The molecule has 0 saturated heterocycles. The van der Waals surface area contributed by atoms with Crippen molar-refractivity contribution in [3.63, 3.8) is 0 Å². The standard InChI is InChI=1S/C18H26N2O/c1-20-13-15(5-3-4-10-21-2)17-11-14(6-9-18(17)20)12-19-16-7-8-16/h6,9,11,13,16,19H,3-5,7-8,10,12H2,1-2H3. The van der Waals surface area contributed by atoms with Gasteiger partial charge < -0.3 is 14.6 Å². The number of benzene rings is 1. The van der Waals surface area contributed by atoms with Gasteiger partial charge in [0.05, 0.1) is 0 Å². The lowest BCUT2D eigenvalue weighted by molar-refractivity contribution is 0.193. The first kappa shape index (κ1) is 14.6. The predicted molar refractivity (Wildman–Crippen MR) is 87.6 cm³/mol. The van der Waals surface area contributed by atoms with E-state index in [-0.39, 0.29) is 0 Å². The van der Waals surface area contributed by atoms with Gasteiger partial charge in [0.2, 0.25) is 0 Å². The third-order valence-electron chi connectivity index (χ3n) is 4.35. The van der Waals surface area contributed by atoms with E-state index in [1.165, 1.54) is 41.3 Å². The van der Waals surface area contributed by atoms with Crippen LogP contribution < -0.4 is 5.32 Å². The fraction of sp³-hybridized carbons (Fsp3) is 0.556. The van der Waals surface area contributed by atoms with E-state index in [9.17, 15) is 0 Å². The molecule has 0 aliphatic heterocycles. The Kier molecular flexibility index (Phi) is 4.61. The Morgan fingerprint density at radius 1 is 1.29 bits per heavy atom. The van der Waals surface area contributed by atoms with Crippen LogP contribution in [0.25, 0.3) is 10.9 Å². The molecule has 0 atom stereocenters. The summed E-state index contributed by atoms with van der Waals surface area (Å²) in [5.41, 5.74) is 4.21. The van der Waals surface area contributed by atoms with Crippen molar-refractivity contribution < 1.29 is 4.74 Å². The maximum absolute atomic E-state index is 5.14. The molecule has 1 fully saturated rings. The molecule has 0 unspecified atom stereocenters. The summed E-state index contributed by atoms with van der Waals surface area (Å²) in [7, 11) is 3.92. The molecule has 0 amide bonds. The van der Waals surface area contributed by atoms with Crippen molar-refractivity contribution in [3.05, 3.63) is 35.5 Å². The zero-order valence-corrected chi connectivity index (χ0v) is 13.2. The zero-order valence-electron chi connectivity index (χ0n) is 13.2. The van der Waals surface area contributed by atoms with Gasteiger partial charge in [-0.15, -0.1) is 0 Å². The van der Waals surface area contributed by atoms with E-state index in [2.05, 4.69) is 41.3 Å². The van der Waals surface area contributed by atoms with Gasteiger partial charge in [0.1, 0.15) is 0 Å². The van der Waals surface area contributed by atoms with Gasteiger partial charge in [0.15, 0.2) is 0 Å². The maximum Gasteiger partial charge on any atom is 0.0480 e. The van der Waals surface area contributed by atoms with Crippen molar-refractivity contribution in [3.8, 4) is 0 Å². The first-order valence-electron chi connectivity index (χ1n) is 8.07. The molecule has 3 nitrogen and oxygen atoms in total. The minimum absolute atomic E-state index is 0.769. The summed E-state index contributed by atoms with van der Waals surface area (Å²) in [5, 5.41) is 5.02. The minimum atomic E-state index is 0.769. The molecule has 2 aromatic rings. The van der Waals surface area contributed by atoms with Crippen molar-refractivity contribution in [1.29, 1.82) is 0 Å². The Morgan fingerprint density at radius 2 is 2.14 bits per heavy atom.